The van der Waals surface area contributed by atoms with Crippen LogP contribution < -0.4 is 15.3 Å². The van der Waals surface area contributed by atoms with Crippen LogP contribution in [0.15, 0.2) is 54.6 Å². The van der Waals surface area contributed by atoms with Crippen LogP contribution in [0.25, 0.3) is 0 Å². The number of hydrogen-bond acceptors (Lipinski definition) is 18. The van der Waals surface area contributed by atoms with E-state index in [4.69, 9.17) is 15.3 Å². The van der Waals surface area contributed by atoms with Crippen molar-refractivity contribution >= 4 is 70.0 Å². The maximum atomic E-state index is 12.6. The second-order valence-electron chi connectivity index (χ2n) is 15.4. The van der Waals surface area contributed by atoms with Crippen molar-refractivity contribution in [2.24, 2.45) is 0 Å². The van der Waals surface area contributed by atoms with E-state index in [-0.39, 0.29) is 95.2 Å². The molecular formula is C48H27AlO21. The fourth-order valence-electron chi connectivity index (χ4n) is 8.48. The Bertz CT molecular complexity index is 3150. The molecule has 3 aliphatic rings. The van der Waals surface area contributed by atoms with Crippen LogP contribution in [0, 0.1) is 20.8 Å². The molecule has 0 aromatic heterocycles. The van der Waals surface area contributed by atoms with Gasteiger partial charge in [0.1, 0.15) is 45.6 Å². The van der Waals surface area contributed by atoms with Crippen molar-refractivity contribution < 1.29 is 104 Å². The number of carboxylic acid groups (broad SMARTS) is 3. The van der Waals surface area contributed by atoms with Crippen molar-refractivity contribution in [3.63, 3.8) is 0 Å². The molecule has 0 radical (unpaired) electrons. The summed E-state index contributed by atoms with van der Waals surface area (Å²) in [5.41, 5.74) is -5.02. The first kappa shape index (κ1) is 49.9. The molecule has 3 aliphatic carbocycles. The SMILES string of the molecule is Cc1c(C(=O)O)c(O)cc2c1C(=O)c1c(O)cc(O)cc1C2=O.Cc1c(C(=O)O)c(O)cc2c1C(=O)c1c(O)cc(O)cc1C2=O.Cc1c(C(=O)O)c([O-])cc2c1C(=O)c1c([O-])cc([O-])cc1C2=O.[Al+3]. The molecule has 0 saturated carbocycles. The number of hydrogen-bond donors (Lipinski definition) is 9. The Kier molecular flexibility index (Phi) is 12.6. The van der Waals surface area contributed by atoms with E-state index in [2.05, 4.69) is 0 Å². The third-order valence-electron chi connectivity index (χ3n) is 11.4. The number of aromatic hydroxyl groups is 6. The number of aromatic carboxylic acids is 3. The molecule has 0 amide bonds. The van der Waals surface area contributed by atoms with Crippen molar-refractivity contribution in [2.75, 3.05) is 0 Å². The number of phenolic OH excluding ortho intramolecular Hbond substituents is 4. The Labute approximate surface area is 400 Å². The topological polar surface area (TPSA) is 405 Å². The Hall–Kier alpha value is -9.52. The maximum Gasteiger partial charge on any atom is 3.00 e. The van der Waals surface area contributed by atoms with Gasteiger partial charge in [-0.2, -0.15) is 0 Å². The summed E-state index contributed by atoms with van der Waals surface area (Å²) in [7, 11) is 0. The summed E-state index contributed by atoms with van der Waals surface area (Å²) in [5, 5.41) is 121. The van der Waals surface area contributed by atoms with Crippen molar-refractivity contribution in [1.82, 2.24) is 0 Å². The second-order valence-corrected chi connectivity index (χ2v) is 15.4. The zero-order valence-electron chi connectivity index (χ0n) is 35.7. The quantitative estimate of drug-likeness (QED) is 0.115. The molecule has 9 N–H and O–H groups in total. The van der Waals surface area contributed by atoms with Gasteiger partial charge in [-0.3, -0.25) is 28.8 Å². The molecule has 6 aromatic carbocycles. The first-order valence-electron chi connectivity index (χ1n) is 19.4. The first-order valence-corrected chi connectivity index (χ1v) is 19.4. The van der Waals surface area contributed by atoms with Gasteiger partial charge in [-0.05, 0) is 61.7 Å². The molecule has 0 aliphatic heterocycles. The molecule has 70 heavy (non-hydrogen) atoms. The normalized spacial score (nSPS) is 12.6. The predicted octanol–water partition coefficient (Wildman–Crippen LogP) is 2.48. The number of benzene rings is 6. The smallest absolute Gasteiger partial charge is 0.872 e. The molecule has 348 valence electrons. The van der Waals surface area contributed by atoms with Gasteiger partial charge in [0.15, 0.2) is 34.7 Å². The Morgan fingerprint density at radius 2 is 0.671 bits per heavy atom. The van der Waals surface area contributed by atoms with Gasteiger partial charge in [-0.15, -0.1) is 5.75 Å². The van der Waals surface area contributed by atoms with Gasteiger partial charge in [0.2, 0.25) is 0 Å². The summed E-state index contributed by atoms with van der Waals surface area (Å²) in [5.74, 6) is -14.7. The molecular weight excluding hydrogens is 939 g/mol. The van der Waals surface area contributed by atoms with Crippen molar-refractivity contribution in [3.05, 3.63) is 155 Å². The predicted molar refractivity (Wildman–Crippen MR) is 228 cm³/mol. The third-order valence-corrected chi connectivity index (χ3v) is 11.4. The summed E-state index contributed by atoms with van der Waals surface area (Å²) >= 11 is 0. The van der Waals surface area contributed by atoms with Gasteiger partial charge in [-0.25, -0.2) is 14.4 Å². The van der Waals surface area contributed by atoms with Crippen LogP contribution in [0.5, 0.6) is 51.7 Å². The zero-order valence-corrected chi connectivity index (χ0v) is 36.9. The number of fused-ring (bicyclic) bond motifs is 6. The maximum absolute atomic E-state index is 12.6. The fraction of sp³-hybridized carbons (Fsp3) is 0.0625. The van der Waals surface area contributed by atoms with E-state index in [1.807, 2.05) is 0 Å². The molecule has 0 bridgehead atoms. The molecule has 0 atom stereocenters. The molecule has 0 heterocycles. The number of carboxylic acids is 3. The van der Waals surface area contributed by atoms with Gasteiger partial charge in [0.25, 0.3) is 0 Å². The summed E-state index contributed by atoms with van der Waals surface area (Å²) in [6.07, 6.45) is 0. The minimum atomic E-state index is -1.53. The van der Waals surface area contributed by atoms with Crippen molar-refractivity contribution in [2.45, 2.75) is 20.8 Å². The standard InChI is InChI=1S/3C16H10O7.Al/c3*1-5-11-8(4-10(19)12(5)16(22)23)14(20)7-2-6(17)3-9(18)13(7)15(11)21;/h3*2-4,17-19H,1H3,(H,22,23);/q;;;+3/p-3. The van der Waals surface area contributed by atoms with Gasteiger partial charge in [0.05, 0.1) is 16.7 Å². The number of phenols is 6. The first-order chi connectivity index (χ1) is 32.2. The average Bonchev–Trinajstić information content (AvgIpc) is 3.22. The van der Waals surface area contributed by atoms with E-state index in [9.17, 15) is 89.1 Å². The number of rotatable bonds is 3. The van der Waals surface area contributed by atoms with Crippen LogP contribution in [0.1, 0.15) is 143 Å². The van der Waals surface area contributed by atoms with Crippen LogP contribution >= 0.6 is 0 Å². The number of carbonyl (C=O) groups is 9. The molecule has 0 unspecified atom stereocenters. The summed E-state index contributed by atoms with van der Waals surface area (Å²) in [6, 6.07) is 8.05. The van der Waals surface area contributed by atoms with Crippen LogP contribution in [0.4, 0.5) is 0 Å². The minimum absolute atomic E-state index is 0. The Balaban J connectivity index is 0.000000171. The molecule has 22 heteroatoms. The van der Waals surface area contributed by atoms with Gasteiger partial charge >= 0.3 is 35.3 Å². The molecule has 0 fully saturated rings. The van der Waals surface area contributed by atoms with Crippen LogP contribution in [-0.2, 0) is 0 Å². The van der Waals surface area contributed by atoms with E-state index in [0.717, 1.165) is 48.5 Å². The average molecular weight is 967 g/mol. The van der Waals surface area contributed by atoms with Crippen LogP contribution in [-0.4, -0.2) is 116 Å². The number of carbonyl (C=O) groups excluding carboxylic acids is 6. The molecule has 0 saturated heterocycles. The van der Waals surface area contributed by atoms with Gasteiger partial charge in [0, 0.05) is 67.8 Å². The van der Waals surface area contributed by atoms with E-state index >= 15 is 0 Å². The van der Waals surface area contributed by atoms with E-state index in [0.29, 0.717) is 6.07 Å². The van der Waals surface area contributed by atoms with E-state index in [1.165, 1.54) is 20.8 Å². The minimum Gasteiger partial charge on any atom is -0.872 e. The third kappa shape index (κ3) is 7.69. The molecule has 6 aromatic rings. The summed E-state index contributed by atoms with van der Waals surface area (Å²) < 4.78 is 0. The van der Waals surface area contributed by atoms with Crippen LogP contribution in [0.2, 0.25) is 0 Å². The van der Waals surface area contributed by atoms with Gasteiger partial charge in [-0.1, -0.05) is 29.7 Å². The monoisotopic (exact) mass is 966 g/mol. The zero-order chi connectivity index (χ0) is 51.1. The Morgan fingerprint density at radius 1 is 0.357 bits per heavy atom. The largest absolute Gasteiger partial charge is 3.00 e. The summed E-state index contributed by atoms with van der Waals surface area (Å²) in [6.45, 7) is 3.83. The van der Waals surface area contributed by atoms with Crippen molar-refractivity contribution in [1.29, 1.82) is 0 Å². The van der Waals surface area contributed by atoms with Crippen LogP contribution in [0.3, 0.4) is 0 Å². The second kappa shape index (κ2) is 17.6. The van der Waals surface area contributed by atoms with E-state index < -0.39 is 127 Å². The summed E-state index contributed by atoms with van der Waals surface area (Å²) in [4.78, 5) is 109. The molecule has 0 spiro atoms. The number of ketones is 6. The molecule has 9 rings (SSSR count). The van der Waals surface area contributed by atoms with E-state index in [1.54, 1.807) is 0 Å². The molecule has 21 nitrogen and oxygen atoms in total. The van der Waals surface area contributed by atoms with Gasteiger partial charge < -0.3 is 61.3 Å². The Morgan fingerprint density at radius 3 is 1.04 bits per heavy atom. The fourth-order valence-corrected chi connectivity index (χ4v) is 8.48. The van der Waals surface area contributed by atoms with Crippen molar-refractivity contribution in [3.8, 4) is 51.7 Å².